The summed E-state index contributed by atoms with van der Waals surface area (Å²) in [5.41, 5.74) is 2.46. The van der Waals surface area contributed by atoms with Crippen molar-refractivity contribution in [1.29, 1.82) is 0 Å². The number of carbonyl (C=O) groups excluding carboxylic acids is 3. The lowest BCUT2D eigenvalue weighted by Gasteiger charge is -2.33. The number of esters is 1. The van der Waals surface area contributed by atoms with Crippen molar-refractivity contribution in [3.63, 3.8) is 0 Å². The fourth-order valence-corrected chi connectivity index (χ4v) is 3.07. The first-order chi connectivity index (χ1) is 12.9. The van der Waals surface area contributed by atoms with E-state index >= 15 is 0 Å². The third kappa shape index (κ3) is 6.36. The summed E-state index contributed by atoms with van der Waals surface area (Å²) in [6.07, 6.45) is 0.688. The topological polar surface area (TPSA) is 87.7 Å². The summed E-state index contributed by atoms with van der Waals surface area (Å²) in [5, 5.41) is 5.61. The molecule has 7 heteroatoms. The molecule has 1 aromatic carbocycles. The van der Waals surface area contributed by atoms with Crippen LogP contribution >= 0.6 is 0 Å². The van der Waals surface area contributed by atoms with Gasteiger partial charge >= 0.3 is 5.97 Å². The van der Waals surface area contributed by atoms with E-state index in [1.807, 2.05) is 0 Å². The Kier molecular flexibility index (Phi) is 7.79. The van der Waals surface area contributed by atoms with Gasteiger partial charge in [-0.2, -0.15) is 0 Å². The van der Waals surface area contributed by atoms with Gasteiger partial charge in [0.2, 0.25) is 11.8 Å². The number of ether oxygens (including phenoxy) is 1. The molecule has 1 heterocycles. The van der Waals surface area contributed by atoms with Crippen LogP contribution in [0.3, 0.4) is 0 Å². The summed E-state index contributed by atoms with van der Waals surface area (Å²) in [4.78, 5) is 37.5. The number of nitrogens with one attached hydrogen (secondary N) is 2. The molecule has 2 amide bonds. The minimum absolute atomic E-state index is 0.0577. The van der Waals surface area contributed by atoms with E-state index in [1.165, 1.54) is 18.2 Å². The molecule has 0 saturated carbocycles. The van der Waals surface area contributed by atoms with Crippen molar-refractivity contribution < 1.29 is 19.1 Å². The van der Waals surface area contributed by atoms with Crippen LogP contribution in [0.1, 0.15) is 37.3 Å². The Morgan fingerprint density at radius 2 is 2.00 bits per heavy atom. The van der Waals surface area contributed by atoms with E-state index in [-0.39, 0.29) is 24.8 Å². The maximum Gasteiger partial charge on any atom is 0.307 e. The molecule has 1 atom stereocenters. The Bertz CT molecular complexity index is 658. The maximum absolute atomic E-state index is 12.3. The highest BCUT2D eigenvalue weighted by molar-refractivity contribution is 5.88. The highest BCUT2D eigenvalue weighted by Crippen LogP contribution is 2.14. The van der Waals surface area contributed by atoms with Crippen LogP contribution in [-0.2, 0) is 25.5 Å². The lowest BCUT2D eigenvalue weighted by Crippen LogP contribution is -2.58. The number of hydrogen-bond donors (Lipinski definition) is 2. The largest absolute Gasteiger partial charge is 0.469 e. The zero-order chi connectivity index (χ0) is 19.8. The Hall–Kier alpha value is -2.41. The molecule has 0 aromatic heterocycles. The van der Waals surface area contributed by atoms with Gasteiger partial charge in [0.05, 0.1) is 20.1 Å². The number of piperazine rings is 1. The lowest BCUT2D eigenvalue weighted by atomic mass is 10.0. The molecule has 1 aliphatic heterocycles. The molecular formula is C20H29N3O4. The highest BCUT2D eigenvalue weighted by Gasteiger charge is 2.32. The summed E-state index contributed by atoms with van der Waals surface area (Å²) < 4.78 is 4.65. The van der Waals surface area contributed by atoms with Crippen LogP contribution in [0.15, 0.2) is 24.3 Å². The Balaban J connectivity index is 1.81. The van der Waals surface area contributed by atoms with Crippen LogP contribution in [-0.4, -0.2) is 62.0 Å². The number of hydrogen-bond acceptors (Lipinski definition) is 5. The van der Waals surface area contributed by atoms with Crippen LogP contribution in [0, 0.1) is 0 Å². The van der Waals surface area contributed by atoms with Crippen LogP contribution in [0.25, 0.3) is 0 Å². The van der Waals surface area contributed by atoms with E-state index in [1.54, 1.807) is 4.90 Å². The second-order valence-electron chi connectivity index (χ2n) is 7.05. The standard InChI is InChI=1S/C20H29N3O4/c1-14(2)16-6-4-15(5-7-16)8-9-21-18(24)13-23-11-10-22-20(26)17(23)12-19(25)27-3/h4-7,14,17H,8-13H2,1-3H3,(H,21,24)(H,22,26). The monoisotopic (exact) mass is 375 g/mol. The molecular weight excluding hydrogens is 346 g/mol. The number of rotatable bonds is 8. The lowest BCUT2D eigenvalue weighted by molar-refractivity contribution is -0.146. The van der Waals surface area contributed by atoms with E-state index in [4.69, 9.17) is 0 Å². The summed E-state index contributed by atoms with van der Waals surface area (Å²) in [7, 11) is 1.29. The Labute approximate surface area is 160 Å². The predicted octanol–water partition coefficient (Wildman–Crippen LogP) is 0.832. The van der Waals surface area contributed by atoms with E-state index < -0.39 is 12.0 Å². The van der Waals surface area contributed by atoms with Gasteiger partial charge < -0.3 is 15.4 Å². The second-order valence-corrected chi connectivity index (χ2v) is 7.05. The number of amides is 2. The smallest absolute Gasteiger partial charge is 0.307 e. The van der Waals surface area contributed by atoms with Crippen molar-refractivity contribution in [2.75, 3.05) is 33.3 Å². The summed E-state index contributed by atoms with van der Waals surface area (Å²) >= 11 is 0. The fourth-order valence-electron chi connectivity index (χ4n) is 3.07. The van der Waals surface area contributed by atoms with E-state index in [0.29, 0.717) is 25.6 Å². The predicted molar refractivity (Wildman–Crippen MR) is 102 cm³/mol. The average Bonchev–Trinajstić information content (AvgIpc) is 2.64. The fraction of sp³-hybridized carbons (Fsp3) is 0.550. The number of benzene rings is 1. The van der Waals surface area contributed by atoms with Gasteiger partial charge in [0.15, 0.2) is 0 Å². The van der Waals surface area contributed by atoms with Gasteiger partial charge in [-0.1, -0.05) is 38.1 Å². The molecule has 1 saturated heterocycles. The van der Waals surface area contributed by atoms with Gasteiger partial charge in [0.25, 0.3) is 0 Å². The quantitative estimate of drug-likeness (QED) is 0.657. The summed E-state index contributed by atoms with van der Waals surface area (Å²) in [6, 6.07) is 7.74. The molecule has 0 radical (unpaired) electrons. The van der Waals surface area contributed by atoms with Crippen molar-refractivity contribution in [3.05, 3.63) is 35.4 Å². The molecule has 1 aliphatic rings. The van der Waals surface area contributed by atoms with Crippen LogP contribution in [0.5, 0.6) is 0 Å². The van der Waals surface area contributed by atoms with E-state index in [2.05, 4.69) is 53.5 Å². The minimum Gasteiger partial charge on any atom is -0.469 e. The van der Waals surface area contributed by atoms with Crippen molar-refractivity contribution in [3.8, 4) is 0 Å². The van der Waals surface area contributed by atoms with Gasteiger partial charge in [0.1, 0.15) is 6.04 Å². The normalized spacial score (nSPS) is 17.5. The molecule has 2 N–H and O–H groups in total. The third-order valence-corrected chi connectivity index (χ3v) is 4.76. The highest BCUT2D eigenvalue weighted by atomic mass is 16.5. The maximum atomic E-state index is 12.3. The zero-order valence-electron chi connectivity index (χ0n) is 16.3. The molecule has 27 heavy (non-hydrogen) atoms. The number of nitrogens with zero attached hydrogens (tertiary/aromatic N) is 1. The molecule has 1 aromatic rings. The SMILES string of the molecule is COC(=O)CC1C(=O)NCCN1CC(=O)NCCc1ccc(C(C)C)cc1. The van der Waals surface area contributed by atoms with Gasteiger partial charge in [0, 0.05) is 19.6 Å². The van der Waals surface area contributed by atoms with E-state index in [0.717, 1.165) is 6.42 Å². The average molecular weight is 375 g/mol. The zero-order valence-corrected chi connectivity index (χ0v) is 16.3. The molecule has 0 aliphatic carbocycles. The first kappa shape index (κ1) is 20.9. The molecule has 0 bridgehead atoms. The molecule has 7 nitrogen and oxygen atoms in total. The van der Waals surface area contributed by atoms with Crippen molar-refractivity contribution >= 4 is 17.8 Å². The minimum atomic E-state index is -0.666. The third-order valence-electron chi connectivity index (χ3n) is 4.76. The number of methoxy groups -OCH3 is 1. The van der Waals surface area contributed by atoms with Gasteiger partial charge in [-0.15, -0.1) is 0 Å². The second kappa shape index (κ2) is 10.1. The summed E-state index contributed by atoms with van der Waals surface area (Å²) in [6.45, 7) is 5.92. The van der Waals surface area contributed by atoms with Gasteiger partial charge in [-0.05, 0) is 23.5 Å². The van der Waals surface area contributed by atoms with Crippen molar-refractivity contribution in [2.24, 2.45) is 0 Å². The first-order valence-corrected chi connectivity index (χ1v) is 9.34. The first-order valence-electron chi connectivity index (χ1n) is 9.34. The Morgan fingerprint density at radius 3 is 2.63 bits per heavy atom. The molecule has 2 rings (SSSR count). The summed E-state index contributed by atoms with van der Waals surface area (Å²) in [5.74, 6) is -0.367. The number of carbonyl (C=O) groups is 3. The molecule has 1 fully saturated rings. The van der Waals surface area contributed by atoms with Crippen LogP contribution < -0.4 is 10.6 Å². The van der Waals surface area contributed by atoms with Crippen LogP contribution in [0.2, 0.25) is 0 Å². The van der Waals surface area contributed by atoms with Gasteiger partial charge in [-0.3, -0.25) is 19.3 Å². The van der Waals surface area contributed by atoms with Crippen LogP contribution in [0.4, 0.5) is 0 Å². The molecule has 148 valence electrons. The Morgan fingerprint density at radius 1 is 1.30 bits per heavy atom. The van der Waals surface area contributed by atoms with Gasteiger partial charge in [-0.25, -0.2) is 0 Å². The van der Waals surface area contributed by atoms with Crippen molar-refractivity contribution in [2.45, 2.75) is 38.6 Å². The van der Waals surface area contributed by atoms with E-state index in [9.17, 15) is 14.4 Å². The molecule has 0 spiro atoms. The van der Waals surface area contributed by atoms with Crippen molar-refractivity contribution in [1.82, 2.24) is 15.5 Å². The molecule has 1 unspecified atom stereocenters.